The highest BCUT2D eigenvalue weighted by Gasteiger charge is 2.16. The first kappa shape index (κ1) is 14.2. The van der Waals surface area contributed by atoms with Crippen molar-refractivity contribution in [2.75, 3.05) is 0 Å². The zero-order chi connectivity index (χ0) is 14.2. The third kappa shape index (κ3) is 2.85. The maximum absolute atomic E-state index is 13.9. The van der Waals surface area contributed by atoms with Crippen LogP contribution in [0.15, 0.2) is 34.8 Å². The van der Waals surface area contributed by atoms with Crippen LogP contribution in [-0.4, -0.2) is 0 Å². The number of hydrogen-bond acceptors (Lipinski definition) is 1. The summed E-state index contributed by atoms with van der Waals surface area (Å²) in [4.78, 5) is 0. The van der Waals surface area contributed by atoms with Gasteiger partial charge in [0.25, 0.3) is 0 Å². The molecule has 0 saturated heterocycles. The summed E-state index contributed by atoms with van der Waals surface area (Å²) in [6.07, 6.45) is 0. The van der Waals surface area contributed by atoms with Crippen LogP contribution in [0.4, 0.5) is 8.78 Å². The van der Waals surface area contributed by atoms with Crippen molar-refractivity contribution in [3.8, 4) is 0 Å². The summed E-state index contributed by atoms with van der Waals surface area (Å²) in [5.41, 5.74) is 8.24. The van der Waals surface area contributed by atoms with E-state index < -0.39 is 17.7 Å². The van der Waals surface area contributed by atoms with Crippen molar-refractivity contribution in [1.82, 2.24) is 0 Å². The Kier molecular flexibility index (Phi) is 4.02. The second kappa shape index (κ2) is 5.39. The number of halogens is 3. The van der Waals surface area contributed by atoms with Gasteiger partial charge in [0.2, 0.25) is 0 Å². The minimum absolute atomic E-state index is 0.171. The van der Waals surface area contributed by atoms with Gasteiger partial charge >= 0.3 is 0 Å². The Bertz CT molecular complexity index is 626. The first-order chi connectivity index (χ1) is 8.90. The van der Waals surface area contributed by atoms with E-state index in [9.17, 15) is 8.78 Å². The van der Waals surface area contributed by atoms with Crippen molar-refractivity contribution >= 4 is 15.9 Å². The predicted molar refractivity (Wildman–Crippen MR) is 76.0 cm³/mol. The van der Waals surface area contributed by atoms with Crippen molar-refractivity contribution in [3.63, 3.8) is 0 Å². The quantitative estimate of drug-likeness (QED) is 0.870. The van der Waals surface area contributed by atoms with E-state index >= 15 is 0 Å². The molecule has 2 N–H and O–H groups in total. The van der Waals surface area contributed by atoms with Crippen LogP contribution in [0.2, 0.25) is 0 Å². The maximum atomic E-state index is 13.9. The lowest BCUT2D eigenvalue weighted by Gasteiger charge is -2.15. The molecule has 0 bridgehead atoms. The molecule has 100 valence electrons. The van der Waals surface area contributed by atoms with E-state index in [1.54, 1.807) is 6.07 Å². The minimum Gasteiger partial charge on any atom is -0.320 e. The fraction of sp³-hybridized carbons (Fsp3) is 0.200. The van der Waals surface area contributed by atoms with E-state index in [0.29, 0.717) is 0 Å². The number of nitrogens with two attached hydrogens (primary N) is 1. The number of hydrogen-bond donors (Lipinski definition) is 1. The molecule has 0 fully saturated rings. The highest BCUT2D eigenvalue weighted by atomic mass is 79.9. The van der Waals surface area contributed by atoms with Gasteiger partial charge in [0.15, 0.2) is 0 Å². The van der Waals surface area contributed by atoms with Crippen LogP contribution in [0.1, 0.15) is 28.3 Å². The summed E-state index contributed by atoms with van der Waals surface area (Å²) in [6.45, 7) is 3.45. The Morgan fingerprint density at radius 2 is 1.68 bits per heavy atom. The van der Waals surface area contributed by atoms with Gasteiger partial charge in [-0.05, 0) is 48.7 Å². The molecule has 0 radical (unpaired) electrons. The van der Waals surface area contributed by atoms with Crippen LogP contribution >= 0.6 is 15.9 Å². The Morgan fingerprint density at radius 3 is 2.32 bits per heavy atom. The average molecular weight is 326 g/mol. The molecule has 0 aliphatic rings. The van der Waals surface area contributed by atoms with Crippen molar-refractivity contribution in [2.45, 2.75) is 19.9 Å². The molecule has 0 heterocycles. The van der Waals surface area contributed by atoms with Crippen molar-refractivity contribution in [3.05, 3.63) is 68.7 Å². The SMILES string of the molecule is Cc1cc(F)c(C(N)c2ccc(Br)c(C)c2)cc1F. The Hall–Kier alpha value is -1.26. The third-order valence-corrected chi connectivity index (χ3v) is 4.04. The normalized spacial score (nSPS) is 12.5. The zero-order valence-electron chi connectivity index (χ0n) is 10.7. The maximum Gasteiger partial charge on any atom is 0.128 e. The van der Waals surface area contributed by atoms with Gasteiger partial charge in [-0.2, -0.15) is 0 Å². The number of rotatable bonds is 2. The van der Waals surface area contributed by atoms with E-state index in [4.69, 9.17) is 5.73 Å². The highest BCUT2D eigenvalue weighted by Crippen LogP contribution is 2.27. The van der Waals surface area contributed by atoms with Crippen LogP contribution in [0, 0.1) is 25.5 Å². The Balaban J connectivity index is 2.46. The lowest BCUT2D eigenvalue weighted by atomic mass is 9.96. The van der Waals surface area contributed by atoms with Gasteiger partial charge in [-0.3, -0.25) is 0 Å². The summed E-state index contributed by atoms with van der Waals surface area (Å²) < 4.78 is 28.4. The molecule has 19 heavy (non-hydrogen) atoms. The third-order valence-electron chi connectivity index (χ3n) is 3.15. The first-order valence-electron chi connectivity index (χ1n) is 5.87. The molecule has 0 spiro atoms. The zero-order valence-corrected chi connectivity index (χ0v) is 12.3. The van der Waals surface area contributed by atoms with Crippen LogP contribution in [0.25, 0.3) is 0 Å². The van der Waals surface area contributed by atoms with Crippen LogP contribution in [0.5, 0.6) is 0 Å². The fourth-order valence-corrected chi connectivity index (χ4v) is 2.19. The number of aryl methyl sites for hydroxylation is 2. The van der Waals surface area contributed by atoms with Gasteiger partial charge in [0.05, 0.1) is 6.04 Å². The minimum atomic E-state index is -0.679. The standard InChI is InChI=1S/C15H14BrF2N/c1-8-5-10(3-4-12(8)16)15(19)11-7-13(17)9(2)6-14(11)18/h3-7,15H,19H2,1-2H3. The summed E-state index contributed by atoms with van der Waals surface area (Å²) in [5.74, 6) is -0.923. The second-order valence-electron chi connectivity index (χ2n) is 4.61. The summed E-state index contributed by atoms with van der Waals surface area (Å²) in [6, 6.07) is 7.20. The predicted octanol–water partition coefficient (Wildman–Crippen LogP) is 4.39. The first-order valence-corrected chi connectivity index (χ1v) is 6.66. The molecule has 1 atom stereocenters. The van der Waals surface area contributed by atoms with Gasteiger partial charge in [-0.1, -0.05) is 28.1 Å². The van der Waals surface area contributed by atoms with E-state index in [2.05, 4.69) is 15.9 Å². The molecule has 2 rings (SSSR count). The largest absolute Gasteiger partial charge is 0.320 e. The van der Waals surface area contributed by atoms with Crippen LogP contribution in [-0.2, 0) is 0 Å². The molecule has 0 aromatic heterocycles. The van der Waals surface area contributed by atoms with Crippen LogP contribution in [0.3, 0.4) is 0 Å². The summed E-state index contributed by atoms with van der Waals surface area (Å²) in [7, 11) is 0. The summed E-state index contributed by atoms with van der Waals surface area (Å²) >= 11 is 3.40. The Labute approximate surface area is 119 Å². The summed E-state index contributed by atoms with van der Waals surface area (Å²) in [5, 5.41) is 0. The lowest BCUT2D eigenvalue weighted by molar-refractivity contribution is 0.570. The molecule has 2 aromatic carbocycles. The van der Waals surface area contributed by atoms with E-state index in [-0.39, 0.29) is 11.1 Å². The van der Waals surface area contributed by atoms with Crippen molar-refractivity contribution in [2.24, 2.45) is 5.73 Å². The molecular formula is C15H14BrF2N. The van der Waals surface area contributed by atoms with Crippen molar-refractivity contribution in [1.29, 1.82) is 0 Å². The molecule has 1 nitrogen and oxygen atoms in total. The lowest BCUT2D eigenvalue weighted by Crippen LogP contribution is -2.14. The van der Waals surface area contributed by atoms with Gasteiger partial charge in [-0.25, -0.2) is 8.78 Å². The molecule has 0 amide bonds. The van der Waals surface area contributed by atoms with Gasteiger partial charge in [0, 0.05) is 10.0 Å². The fourth-order valence-electron chi connectivity index (χ4n) is 1.94. The van der Waals surface area contributed by atoms with Gasteiger partial charge in [0.1, 0.15) is 11.6 Å². The molecule has 2 aromatic rings. The molecule has 0 saturated carbocycles. The highest BCUT2D eigenvalue weighted by molar-refractivity contribution is 9.10. The molecule has 1 unspecified atom stereocenters. The van der Waals surface area contributed by atoms with E-state index in [0.717, 1.165) is 15.6 Å². The molecule has 0 aliphatic heterocycles. The molecule has 0 aliphatic carbocycles. The topological polar surface area (TPSA) is 26.0 Å². The Morgan fingerprint density at radius 1 is 1.00 bits per heavy atom. The molecule has 4 heteroatoms. The van der Waals surface area contributed by atoms with Crippen LogP contribution < -0.4 is 5.73 Å². The van der Waals surface area contributed by atoms with E-state index in [1.165, 1.54) is 19.1 Å². The monoisotopic (exact) mass is 325 g/mol. The second-order valence-corrected chi connectivity index (χ2v) is 5.46. The van der Waals surface area contributed by atoms with Crippen molar-refractivity contribution < 1.29 is 8.78 Å². The smallest absolute Gasteiger partial charge is 0.128 e. The van der Waals surface area contributed by atoms with Gasteiger partial charge < -0.3 is 5.73 Å². The van der Waals surface area contributed by atoms with Gasteiger partial charge in [-0.15, -0.1) is 0 Å². The van der Waals surface area contributed by atoms with E-state index in [1.807, 2.05) is 19.1 Å². The number of benzene rings is 2. The average Bonchev–Trinajstić information content (AvgIpc) is 2.36. The molecular weight excluding hydrogens is 312 g/mol.